The monoisotopic (exact) mass is 270 g/mol. The van der Waals surface area contributed by atoms with Gasteiger partial charge < -0.3 is 5.32 Å². The number of halogens is 3. The fourth-order valence-corrected chi connectivity index (χ4v) is 2.23. The summed E-state index contributed by atoms with van der Waals surface area (Å²) >= 11 is 1.80. The molecule has 17 heavy (non-hydrogen) atoms. The van der Waals surface area contributed by atoms with E-state index in [0.717, 1.165) is 19.4 Å². The van der Waals surface area contributed by atoms with Gasteiger partial charge in [0, 0.05) is 17.8 Å². The molecule has 1 aliphatic heterocycles. The number of nitrogens with one attached hydrogen (secondary N) is 1. The topological polar surface area (TPSA) is 15.3 Å². The summed E-state index contributed by atoms with van der Waals surface area (Å²) < 4.78 is 36.5. The van der Waals surface area contributed by atoms with Crippen LogP contribution in [0.3, 0.4) is 0 Å². The second-order valence-electron chi connectivity index (χ2n) is 4.62. The molecule has 0 aromatic carbocycles. The first-order valence-electron chi connectivity index (χ1n) is 5.96. The lowest BCUT2D eigenvalue weighted by Gasteiger charge is -2.33. The zero-order chi connectivity index (χ0) is 12.9. The maximum absolute atomic E-state index is 12.2. The van der Waals surface area contributed by atoms with Crippen LogP contribution in [0.4, 0.5) is 13.2 Å². The maximum Gasteiger partial charge on any atom is 0.401 e. The van der Waals surface area contributed by atoms with Gasteiger partial charge in [-0.2, -0.15) is 24.9 Å². The van der Waals surface area contributed by atoms with Crippen LogP contribution in [0.15, 0.2) is 0 Å². The second-order valence-corrected chi connectivity index (χ2v) is 5.90. The van der Waals surface area contributed by atoms with Gasteiger partial charge in [0.15, 0.2) is 0 Å². The van der Waals surface area contributed by atoms with Crippen LogP contribution in [0.25, 0.3) is 0 Å². The van der Waals surface area contributed by atoms with E-state index >= 15 is 0 Å². The van der Waals surface area contributed by atoms with Crippen LogP contribution in [0.5, 0.6) is 0 Å². The Labute approximate surface area is 105 Å². The largest absolute Gasteiger partial charge is 0.401 e. The lowest BCUT2D eigenvalue weighted by Crippen LogP contribution is -2.46. The molecule has 0 radical (unpaired) electrons. The molecule has 0 bridgehead atoms. The highest BCUT2D eigenvalue weighted by Gasteiger charge is 2.32. The quantitative estimate of drug-likeness (QED) is 0.825. The van der Waals surface area contributed by atoms with Crippen LogP contribution >= 0.6 is 11.8 Å². The van der Waals surface area contributed by atoms with Crippen LogP contribution in [0.1, 0.15) is 19.8 Å². The summed E-state index contributed by atoms with van der Waals surface area (Å²) in [7, 11) is 0. The van der Waals surface area contributed by atoms with Gasteiger partial charge in [0.1, 0.15) is 0 Å². The minimum atomic E-state index is -4.06. The molecule has 1 unspecified atom stereocenters. The Bertz CT molecular complexity index is 215. The summed E-state index contributed by atoms with van der Waals surface area (Å²) in [5, 5.41) is 3.99. The Hall–Kier alpha value is 0.0600. The third kappa shape index (κ3) is 6.52. The molecule has 0 aromatic heterocycles. The lowest BCUT2D eigenvalue weighted by molar-refractivity contribution is -0.148. The highest BCUT2D eigenvalue weighted by atomic mass is 32.2. The van der Waals surface area contributed by atoms with Crippen molar-refractivity contribution in [1.82, 2.24) is 10.2 Å². The van der Waals surface area contributed by atoms with Crippen molar-refractivity contribution in [2.24, 2.45) is 0 Å². The average Bonchev–Trinajstić information content (AvgIpc) is 2.25. The van der Waals surface area contributed by atoms with Crippen molar-refractivity contribution in [3.05, 3.63) is 0 Å². The van der Waals surface area contributed by atoms with E-state index in [0.29, 0.717) is 24.4 Å². The molecule has 1 N–H and O–H groups in total. The van der Waals surface area contributed by atoms with Crippen LogP contribution in [-0.2, 0) is 0 Å². The van der Waals surface area contributed by atoms with Crippen molar-refractivity contribution in [3.63, 3.8) is 0 Å². The van der Waals surface area contributed by atoms with Gasteiger partial charge in [-0.15, -0.1) is 0 Å². The van der Waals surface area contributed by atoms with E-state index in [-0.39, 0.29) is 0 Å². The lowest BCUT2D eigenvalue weighted by atomic mass is 10.1. The number of thioether (sulfide) groups is 1. The normalized spacial score (nSPS) is 21.7. The van der Waals surface area contributed by atoms with Gasteiger partial charge in [-0.25, -0.2) is 0 Å². The van der Waals surface area contributed by atoms with E-state index < -0.39 is 12.7 Å². The van der Waals surface area contributed by atoms with E-state index in [9.17, 15) is 13.2 Å². The predicted octanol–water partition coefficient (Wildman–Crippen LogP) is 2.35. The fraction of sp³-hybridized carbons (Fsp3) is 1.00. The minimum absolute atomic E-state index is 0.383. The predicted molar refractivity (Wildman–Crippen MR) is 66.5 cm³/mol. The molecule has 1 aliphatic rings. The Balaban J connectivity index is 2.17. The molecule has 0 amide bonds. The first-order chi connectivity index (χ1) is 7.90. The van der Waals surface area contributed by atoms with Gasteiger partial charge in [-0.3, -0.25) is 4.90 Å². The molecule has 0 aliphatic carbocycles. The fourth-order valence-electron chi connectivity index (χ4n) is 1.96. The zero-order valence-electron chi connectivity index (χ0n) is 10.4. The zero-order valence-corrected chi connectivity index (χ0v) is 11.2. The van der Waals surface area contributed by atoms with Crippen molar-refractivity contribution in [1.29, 1.82) is 0 Å². The average molecular weight is 270 g/mol. The van der Waals surface area contributed by atoms with Crippen molar-refractivity contribution >= 4 is 11.8 Å². The molecule has 6 heteroatoms. The van der Waals surface area contributed by atoms with E-state index in [2.05, 4.69) is 18.5 Å². The first kappa shape index (κ1) is 15.1. The maximum atomic E-state index is 12.2. The van der Waals surface area contributed by atoms with Gasteiger partial charge in [0.05, 0.1) is 6.54 Å². The molecule has 1 saturated heterocycles. The number of rotatable bonds is 5. The number of nitrogens with zero attached hydrogens (tertiary/aromatic N) is 1. The Morgan fingerprint density at radius 3 is 2.41 bits per heavy atom. The summed E-state index contributed by atoms with van der Waals surface area (Å²) in [5.74, 6) is 0. The molecule has 0 saturated carbocycles. The summed E-state index contributed by atoms with van der Waals surface area (Å²) in [6, 6.07) is 0.383. The number of likely N-dealkylation sites (tertiary alicyclic amines) is 1. The summed E-state index contributed by atoms with van der Waals surface area (Å²) in [4.78, 5) is 1.50. The Morgan fingerprint density at radius 2 is 1.94 bits per heavy atom. The van der Waals surface area contributed by atoms with Crippen molar-refractivity contribution in [2.75, 3.05) is 32.4 Å². The van der Waals surface area contributed by atoms with E-state index in [1.165, 1.54) is 4.90 Å². The number of hydrogen-bond acceptors (Lipinski definition) is 3. The molecule has 1 rings (SSSR count). The molecular weight excluding hydrogens is 249 g/mol. The van der Waals surface area contributed by atoms with Gasteiger partial charge in [0.25, 0.3) is 0 Å². The van der Waals surface area contributed by atoms with Crippen molar-refractivity contribution in [3.8, 4) is 0 Å². The smallest absolute Gasteiger partial charge is 0.313 e. The van der Waals surface area contributed by atoms with E-state index in [1.807, 2.05) is 0 Å². The second kappa shape index (κ2) is 6.85. The Morgan fingerprint density at radius 1 is 1.35 bits per heavy atom. The molecule has 1 heterocycles. The van der Waals surface area contributed by atoms with Crippen LogP contribution in [-0.4, -0.2) is 54.8 Å². The summed E-state index contributed by atoms with van der Waals surface area (Å²) in [6.45, 7) is 3.41. The SMILES string of the molecule is CSC(C)CNC1CCN(CC(F)(F)F)CC1. The molecule has 0 aromatic rings. The van der Waals surface area contributed by atoms with Crippen molar-refractivity contribution in [2.45, 2.75) is 37.2 Å². The third-order valence-electron chi connectivity index (χ3n) is 3.09. The molecule has 2 nitrogen and oxygen atoms in total. The van der Waals surface area contributed by atoms with Crippen LogP contribution in [0, 0.1) is 0 Å². The standard InChI is InChI=1S/C11H21F3N2S/c1-9(17-2)7-15-10-3-5-16(6-4-10)8-11(12,13)14/h9-10,15H,3-8H2,1-2H3. The number of alkyl halides is 3. The number of piperidine rings is 1. The van der Waals surface area contributed by atoms with Crippen LogP contribution in [0.2, 0.25) is 0 Å². The summed E-state index contributed by atoms with van der Waals surface area (Å²) in [6.07, 6.45) is -0.361. The highest BCUT2D eigenvalue weighted by Crippen LogP contribution is 2.19. The van der Waals surface area contributed by atoms with Gasteiger partial charge in [0.2, 0.25) is 0 Å². The van der Waals surface area contributed by atoms with Gasteiger partial charge in [-0.05, 0) is 32.2 Å². The Kier molecular flexibility index (Phi) is 6.09. The van der Waals surface area contributed by atoms with Gasteiger partial charge in [-0.1, -0.05) is 6.92 Å². The number of hydrogen-bond donors (Lipinski definition) is 1. The molecule has 0 spiro atoms. The van der Waals surface area contributed by atoms with E-state index in [1.54, 1.807) is 11.8 Å². The molecule has 1 fully saturated rings. The first-order valence-corrected chi connectivity index (χ1v) is 7.25. The molecule has 102 valence electrons. The van der Waals surface area contributed by atoms with Gasteiger partial charge >= 0.3 is 6.18 Å². The third-order valence-corrected chi connectivity index (χ3v) is 4.06. The van der Waals surface area contributed by atoms with Crippen molar-refractivity contribution < 1.29 is 13.2 Å². The molecular formula is C11H21F3N2S. The van der Waals surface area contributed by atoms with E-state index in [4.69, 9.17) is 0 Å². The highest BCUT2D eigenvalue weighted by molar-refractivity contribution is 7.99. The summed E-state index contributed by atoms with van der Waals surface area (Å²) in [5.41, 5.74) is 0. The van der Waals surface area contributed by atoms with Crippen LogP contribution < -0.4 is 5.32 Å². The minimum Gasteiger partial charge on any atom is -0.313 e. The molecule has 1 atom stereocenters.